The number of amides is 1. The smallest absolute Gasteiger partial charge is 0.223 e. The van der Waals surface area contributed by atoms with Crippen LogP contribution in [0.4, 0.5) is 0 Å². The zero-order valence-corrected chi connectivity index (χ0v) is 13.4. The van der Waals surface area contributed by atoms with Crippen molar-refractivity contribution in [2.75, 3.05) is 19.6 Å². The van der Waals surface area contributed by atoms with Gasteiger partial charge in [-0.1, -0.05) is 13.3 Å². The Hall–Kier alpha value is -0.610. The number of piperidine rings is 1. The lowest BCUT2D eigenvalue weighted by molar-refractivity contribution is -0.129. The molecule has 21 heavy (non-hydrogen) atoms. The number of hydrogen-bond acceptors (Lipinski definition) is 3. The minimum Gasteiger partial charge on any atom is -0.353 e. The highest BCUT2D eigenvalue weighted by molar-refractivity contribution is 5.79. The average Bonchev–Trinajstić information content (AvgIpc) is 2.47. The molecule has 1 amide bonds. The SMILES string of the molecule is CCN1CCC(NC(=O)C2CC3CCCC(C2)C3N)CC1. The van der Waals surface area contributed by atoms with Gasteiger partial charge < -0.3 is 16.0 Å². The van der Waals surface area contributed by atoms with Crippen molar-refractivity contribution in [2.45, 2.75) is 64.0 Å². The molecule has 2 saturated carbocycles. The Labute approximate surface area is 128 Å². The van der Waals surface area contributed by atoms with Gasteiger partial charge in [0.25, 0.3) is 0 Å². The molecule has 1 aliphatic heterocycles. The molecule has 0 aromatic carbocycles. The fourth-order valence-electron chi connectivity index (χ4n) is 4.72. The number of nitrogens with two attached hydrogens (primary N) is 1. The van der Waals surface area contributed by atoms with E-state index in [1.54, 1.807) is 0 Å². The van der Waals surface area contributed by atoms with Gasteiger partial charge in [-0.2, -0.15) is 0 Å². The number of nitrogens with zero attached hydrogens (tertiary/aromatic N) is 1. The molecule has 0 spiro atoms. The predicted molar refractivity (Wildman–Crippen MR) is 84.8 cm³/mol. The Kier molecular flexibility index (Phi) is 4.85. The maximum absolute atomic E-state index is 12.6. The summed E-state index contributed by atoms with van der Waals surface area (Å²) >= 11 is 0. The molecule has 2 bridgehead atoms. The number of hydrogen-bond donors (Lipinski definition) is 2. The van der Waals surface area contributed by atoms with Gasteiger partial charge in [-0.15, -0.1) is 0 Å². The summed E-state index contributed by atoms with van der Waals surface area (Å²) in [7, 11) is 0. The van der Waals surface area contributed by atoms with Crippen LogP contribution in [-0.4, -0.2) is 42.5 Å². The second kappa shape index (κ2) is 6.66. The van der Waals surface area contributed by atoms with Crippen LogP contribution in [0.25, 0.3) is 0 Å². The molecular formula is C17H31N3O. The normalized spacial score (nSPS) is 38.2. The van der Waals surface area contributed by atoms with Gasteiger partial charge in [-0.3, -0.25) is 4.79 Å². The molecule has 1 saturated heterocycles. The van der Waals surface area contributed by atoms with Crippen LogP contribution in [-0.2, 0) is 4.79 Å². The highest BCUT2D eigenvalue weighted by atomic mass is 16.1. The topological polar surface area (TPSA) is 58.4 Å². The first-order valence-electron chi connectivity index (χ1n) is 8.95. The van der Waals surface area contributed by atoms with Crippen LogP contribution in [0.1, 0.15) is 51.9 Å². The van der Waals surface area contributed by atoms with E-state index in [2.05, 4.69) is 17.1 Å². The zero-order valence-electron chi connectivity index (χ0n) is 13.4. The zero-order chi connectivity index (χ0) is 14.8. The van der Waals surface area contributed by atoms with Crippen molar-refractivity contribution in [1.82, 2.24) is 10.2 Å². The maximum Gasteiger partial charge on any atom is 0.223 e. The first-order valence-corrected chi connectivity index (χ1v) is 8.95. The third-order valence-corrected chi connectivity index (χ3v) is 6.16. The molecule has 3 aliphatic rings. The quantitative estimate of drug-likeness (QED) is 0.833. The maximum atomic E-state index is 12.6. The summed E-state index contributed by atoms with van der Waals surface area (Å²) in [5.74, 6) is 1.73. The molecule has 3 rings (SSSR count). The first-order chi connectivity index (χ1) is 10.2. The fourth-order valence-corrected chi connectivity index (χ4v) is 4.72. The highest BCUT2D eigenvalue weighted by Crippen LogP contribution is 2.41. The number of nitrogens with one attached hydrogen (secondary N) is 1. The Morgan fingerprint density at radius 3 is 2.33 bits per heavy atom. The Balaban J connectivity index is 1.50. The van der Waals surface area contributed by atoms with Gasteiger partial charge in [0.1, 0.15) is 0 Å². The summed E-state index contributed by atoms with van der Waals surface area (Å²) in [5.41, 5.74) is 6.32. The largest absolute Gasteiger partial charge is 0.353 e. The number of rotatable bonds is 3. The van der Waals surface area contributed by atoms with E-state index in [4.69, 9.17) is 5.73 Å². The third kappa shape index (κ3) is 3.42. The van der Waals surface area contributed by atoms with E-state index in [1.165, 1.54) is 19.3 Å². The lowest BCUT2D eigenvalue weighted by atomic mass is 9.65. The van der Waals surface area contributed by atoms with Gasteiger partial charge in [0.15, 0.2) is 0 Å². The van der Waals surface area contributed by atoms with Gasteiger partial charge >= 0.3 is 0 Å². The van der Waals surface area contributed by atoms with Gasteiger partial charge in [-0.25, -0.2) is 0 Å². The number of likely N-dealkylation sites (tertiary alicyclic amines) is 1. The van der Waals surface area contributed by atoms with Gasteiger partial charge in [-0.05, 0) is 56.9 Å². The Bertz CT molecular complexity index is 351. The second-order valence-corrected chi connectivity index (χ2v) is 7.41. The second-order valence-electron chi connectivity index (χ2n) is 7.41. The van der Waals surface area contributed by atoms with Crippen molar-refractivity contribution in [3.8, 4) is 0 Å². The summed E-state index contributed by atoms with van der Waals surface area (Å²) in [6.07, 6.45) is 8.05. The van der Waals surface area contributed by atoms with E-state index >= 15 is 0 Å². The lowest BCUT2D eigenvalue weighted by Gasteiger charge is -2.44. The van der Waals surface area contributed by atoms with E-state index < -0.39 is 0 Å². The summed E-state index contributed by atoms with van der Waals surface area (Å²) < 4.78 is 0. The van der Waals surface area contributed by atoms with Crippen LogP contribution in [0.3, 0.4) is 0 Å². The molecule has 2 unspecified atom stereocenters. The van der Waals surface area contributed by atoms with Crippen LogP contribution in [0.2, 0.25) is 0 Å². The molecule has 2 aliphatic carbocycles. The molecule has 1 heterocycles. The van der Waals surface area contributed by atoms with Crippen LogP contribution in [0.5, 0.6) is 0 Å². The summed E-state index contributed by atoms with van der Waals surface area (Å²) in [6, 6.07) is 0.756. The van der Waals surface area contributed by atoms with Gasteiger partial charge in [0, 0.05) is 31.1 Å². The van der Waals surface area contributed by atoms with Crippen LogP contribution in [0.15, 0.2) is 0 Å². The molecule has 4 heteroatoms. The van der Waals surface area contributed by atoms with E-state index in [1.807, 2.05) is 0 Å². The van der Waals surface area contributed by atoms with Gasteiger partial charge in [0.2, 0.25) is 5.91 Å². The molecule has 0 aromatic rings. The molecule has 3 N–H and O–H groups in total. The molecule has 0 radical (unpaired) electrons. The molecule has 120 valence electrons. The van der Waals surface area contributed by atoms with Crippen molar-refractivity contribution in [1.29, 1.82) is 0 Å². The Morgan fingerprint density at radius 2 is 1.76 bits per heavy atom. The first kappa shape index (κ1) is 15.3. The standard InChI is InChI=1S/C17H31N3O/c1-2-20-8-6-15(7-9-20)19-17(21)14-10-12-4-3-5-13(11-14)16(12)18/h12-16H,2-11,18H2,1H3,(H,19,21). The highest BCUT2D eigenvalue weighted by Gasteiger charge is 2.40. The van der Waals surface area contributed by atoms with Crippen LogP contribution < -0.4 is 11.1 Å². The molecule has 0 aromatic heterocycles. The van der Waals surface area contributed by atoms with E-state index in [9.17, 15) is 4.79 Å². The van der Waals surface area contributed by atoms with Crippen LogP contribution in [0, 0.1) is 17.8 Å². The van der Waals surface area contributed by atoms with Crippen molar-refractivity contribution in [3.05, 3.63) is 0 Å². The van der Waals surface area contributed by atoms with Crippen LogP contribution >= 0.6 is 0 Å². The van der Waals surface area contributed by atoms with Crippen molar-refractivity contribution in [2.24, 2.45) is 23.5 Å². The average molecular weight is 293 g/mol. The molecular weight excluding hydrogens is 262 g/mol. The number of carbonyl (C=O) groups excluding carboxylic acids is 1. The van der Waals surface area contributed by atoms with E-state index in [0.717, 1.165) is 45.3 Å². The number of carbonyl (C=O) groups is 1. The fraction of sp³-hybridized carbons (Fsp3) is 0.941. The third-order valence-electron chi connectivity index (χ3n) is 6.16. The summed E-state index contributed by atoms with van der Waals surface area (Å²) in [6.45, 7) is 5.60. The molecule has 3 fully saturated rings. The molecule has 2 atom stereocenters. The molecule has 4 nitrogen and oxygen atoms in total. The van der Waals surface area contributed by atoms with Crippen molar-refractivity contribution in [3.63, 3.8) is 0 Å². The minimum absolute atomic E-state index is 0.226. The van der Waals surface area contributed by atoms with Gasteiger partial charge in [0.05, 0.1) is 0 Å². The summed E-state index contributed by atoms with van der Waals surface area (Å²) in [4.78, 5) is 15.1. The van der Waals surface area contributed by atoms with Crippen molar-refractivity contribution < 1.29 is 4.79 Å². The lowest BCUT2D eigenvalue weighted by Crippen LogP contribution is -2.51. The van der Waals surface area contributed by atoms with Crippen molar-refractivity contribution >= 4 is 5.91 Å². The summed E-state index contributed by atoms with van der Waals surface area (Å²) in [5, 5.41) is 3.33. The van der Waals surface area contributed by atoms with E-state index in [-0.39, 0.29) is 5.92 Å². The minimum atomic E-state index is 0.226. The predicted octanol–water partition coefficient (Wildman–Crippen LogP) is 1.74. The Morgan fingerprint density at radius 1 is 1.14 bits per heavy atom. The van der Waals surface area contributed by atoms with E-state index in [0.29, 0.717) is 29.8 Å². The number of fused-ring (bicyclic) bond motifs is 2. The monoisotopic (exact) mass is 293 g/mol.